The molecule has 4 aliphatic heterocycles. The molecule has 0 aromatic rings. The Bertz CT molecular complexity index is 1210. The number of carbonyl (C=O) groups excluding carboxylic acids is 5. The van der Waals surface area contributed by atoms with E-state index in [2.05, 4.69) is 50.7 Å². The third-order valence-corrected chi connectivity index (χ3v) is 12.4. The molecule has 10 atom stereocenters. The molecule has 49 heavy (non-hydrogen) atoms. The van der Waals surface area contributed by atoms with E-state index in [1.165, 1.54) is 11.0 Å². The topological polar surface area (TPSA) is 158 Å². The van der Waals surface area contributed by atoms with Crippen LogP contribution in [0.15, 0.2) is 12.7 Å². The van der Waals surface area contributed by atoms with Crippen molar-refractivity contribution in [2.24, 2.45) is 35.3 Å². The molecule has 6 rings (SSSR count). The lowest BCUT2D eigenvalue weighted by molar-refractivity contribution is -0.149. The fourth-order valence-electron chi connectivity index (χ4n) is 6.87. The third kappa shape index (κ3) is 11.4. The summed E-state index contributed by atoms with van der Waals surface area (Å²) in [6.07, 6.45) is 1.06. The number of fused-ring (bicyclic) bond motifs is 6. The minimum absolute atomic E-state index is 0.0336. The maximum absolute atomic E-state index is 12.7. The van der Waals surface area contributed by atoms with Crippen LogP contribution in [0.2, 0.25) is 0 Å². The Morgan fingerprint density at radius 1 is 0.939 bits per heavy atom. The van der Waals surface area contributed by atoms with Crippen molar-refractivity contribution in [2.45, 2.75) is 107 Å². The van der Waals surface area contributed by atoms with Gasteiger partial charge in [-0.3, -0.25) is 9.59 Å². The Hall–Kier alpha value is -1.77. The first-order valence-electron chi connectivity index (χ1n) is 16.4. The number of alkyl halides is 4. The summed E-state index contributed by atoms with van der Waals surface area (Å²) in [7, 11) is 0. The van der Waals surface area contributed by atoms with Crippen LogP contribution in [0, 0.1) is 29.6 Å². The lowest BCUT2D eigenvalue weighted by atomic mass is 9.67. The number of rotatable bonds is 5. The number of halogens is 4. The number of primary amides is 1. The van der Waals surface area contributed by atoms with Gasteiger partial charge in [-0.15, -0.1) is 23.2 Å². The second-order valence-corrected chi connectivity index (χ2v) is 17.6. The molecule has 4 saturated heterocycles. The van der Waals surface area contributed by atoms with E-state index in [0.717, 1.165) is 6.42 Å². The zero-order valence-electron chi connectivity index (χ0n) is 29.6. The predicted octanol–water partition coefficient (Wildman–Crippen LogP) is 6.42. The van der Waals surface area contributed by atoms with Crippen LogP contribution in [-0.2, 0) is 23.8 Å². The predicted molar refractivity (Wildman–Crippen MR) is 196 cm³/mol. The molecule has 4 heterocycles. The summed E-state index contributed by atoms with van der Waals surface area (Å²) in [5.74, 6) is 0.253. The van der Waals surface area contributed by atoms with E-state index in [9.17, 15) is 24.0 Å². The summed E-state index contributed by atoms with van der Waals surface area (Å²) in [4.78, 5) is 64.4. The highest BCUT2D eigenvalue weighted by Gasteiger charge is 2.58. The Balaban J connectivity index is 0.000000312. The molecule has 5 amide bonds. The summed E-state index contributed by atoms with van der Waals surface area (Å²) in [5.41, 5.74) is 4.27. The fraction of sp³-hybridized carbons (Fsp3) is 0.788. The second kappa shape index (κ2) is 18.1. The fourth-order valence-corrected chi connectivity index (χ4v) is 8.32. The Morgan fingerprint density at radius 2 is 1.47 bits per heavy atom. The van der Waals surface area contributed by atoms with E-state index >= 15 is 0 Å². The third-order valence-electron chi connectivity index (χ3n) is 8.74. The first-order valence-corrected chi connectivity index (χ1v) is 19.3. The standard InChI is InChI=1S/C17H25BrN2O5.C14H23BrN2O3.C2H4Cl2/c1-6-7-24-15(22)19-11-8-10-12(18)9(2)13(11)20(14(10)21)16(23)25-17(3,4)5;1-7-10(15)8-5-9(12(16)18)11(7)17(6-8)13(19)20-14(2,3)4;3-1-2-4/h6,9-13H,1,7-8H2,2-5H3,(H,19,22);7-11H,5-6H2,1-4H3,(H2,16,18);1-2H2. The number of hydrogen-bond acceptors (Lipinski definition) is 8. The molecular formula is C33H52Br2Cl2N4O8. The highest BCUT2D eigenvalue weighted by Crippen LogP contribution is 2.47. The van der Waals surface area contributed by atoms with E-state index in [4.69, 9.17) is 43.1 Å². The SMILES string of the molecule is C=CCOC(=O)NC1CC2C(=O)N(C(=O)OC(C)(C)C)C1C(C)C2Br.CC1C(Br)C2CC(C(N)=O)C1N(C(=O)OC(C)(C)C)C2.ClCCCl. The molecule has 0 spiro atoms. The number of piperidine rings is 4. The number of imide groups is 1. The van der Waals surface area contributed by atoms with Gasteiger partial charge in [0.25, 0.3) is 0 Å². The van der Waals surface area contributed by atoms with Crippen LogP contribution < -0.4 is 11.1 Å². The smallest absolute Gasteiger partial charge is 0.417 e. The maximum Gasteiger partial charge on any atom is 0.417 e. The van der Waals surface area contributed by atoms with Gasteiger partial charge in [-0.1, -0.05) is 58.4 Å². The van der Waals surface area contributed by atoms with Gasteiger partial charge in [0, 0.05) is 28.0 Å². The number of hydrogen-bond donors (Lipinski definition) is 2. The lowest BCUT2D eigenvalue weighted by Gasteiger charge is -2.54. The van der Waals surface area contributed by atoms with E-state index in [-0.39, 0.29) is 65.1 Å². The molecule has 280 valence electrons. The van der Waals surface area contributed by atoms with Crippen LogP contribution in [0.5, 0.6) is 0 Å². The Morgan fingerprint density at radius 3 is 1.94 bits per heavy atom. The van der Waals surface area contributed by atoms with Gasteiger partial charge in [0.2, 0.25) is 11.8 Å². The number of nitrogens with two attached hydrogens (primary N) is 1. The quantitative estimate of drug-likeness (QED) is 0.182. The number of alkyl carbamates (subject to hydrolysis) is 1. The monoisotopic (exact) mass is 860 g/mol. The molecule has 6 aliphatic rings. The molecule has 6 fully saturated rings. The molecule has 0 aromatic carbocycles. The maximum atomic E-state index is 12.7. The van der Waals surface area contributed by atoms with E-state index < -0.39 is 35.3 Å². The summed E-state index contributed by atoms with van der Waals surface area (Å²) < 4.78 is 15.8. The first-order chi connectivity index (χ1) is 22.6. The van der Waals surface area contributed by atoms with Gasteiger partial charge in [0.15, 0.2) is 0 Å². The summed E-state index contributed by atoms with van der Waals surface area (Å²) >= 11 is 17.4. The van der Waals surface area contributed by atoms with Crippen LogP contribution in [0.1, 0.15) is 68.2 Å². The van der Waals surface area contributed by atoms with Crippen molar-refractivity contribution in [3.63, 3.8) is 0 Å². The van der Waals surface area contributed by atoms with Crippen molar-refractivity contribution in [1.82, 2.24) is 15.1 Å². The van der Waals surface area contributed by atoms with Gasteiger partial charge in [-0.05, 0) is 72.1 Å². The van der Waals surface area contributed by atoms with Crippen LogP contribution in [0.3, 0.4) is 0 Å². The van der Waals surface area contributed by atoms with Gasteiger partial charge in [0.05, 0.1) is 30.0 Å². The normalized spacial score (nSPS) is 31.7. The summed E-state index contributed by atoms with van der Waals surface area (Å²) in [6.45, 7) is 19.0. The van der Waals surface area contributed by atoms with Crippen LogP contribution in [0.4, 0.5) is 14.4 Å². The van der Waals surface area contributed by atoms with Gasteiger partial charge < -0.3 is 30.2 Å². The lowest BCUT2D eigenvalue weighted by Crippen LogP contribution is -2.71. The largest absolute Gasteiger partial charge is 0.445 e. The van der Waals surface area contributed by atoms with Gasteiger partial charge in [-0.25, -0.2) is 19.3 Å². The van der Waals surface area contributed by atoms with Crippen molar-refractivity contribution in [3.05, 3.63) is 12.7 Å². The van der Waals surface area contributed by atoms with E-state index in [0.29, 0.717) is 29.6 Å². The minimum atomic E-state index is -0.711. The van der Waals surface area contributed by atoms with Crippen LogP contribution in [0.25, 0.3) is 0 Å². The highest BCUT2D eigenvalue weighted by atomic mass is 79.9. The molecule has 0 aromatic heterocycles. The molecule has 2 saturated carbocycles. The van der Waals surface area contributed by atoms with Gasteiger partial charge in [0.1, 0.15) is 17.8 Å². The Labute approximate surface area is 317 Å². The number of nitrogens with one attached hydrogen (secondary N) is 1. The molecule has 3 N–H and O–H groups in total. The van der Waals surface area contributed by atoms with E-state index in [1.807, 2.05) is 27.7 Å². The summed E-state index contributed by atoms with van der Waals surface area (Å²) in [6, 6.07) is -1.04. The molecule has 2 aliphatic carbocycles. The number of ether oxygens (including phenoxy) is 3. The second-order valence-electron chi connectivity index (χ2n) is 14.8. The summed E-state index contributed by atoms with van der Waals surface area (Å²) in [5, 5.41) is 2.77. The number of nitrogens with zero attached hydrogens (tertiary/aromatic N) is 2. The number of carbonyl (C=O) groups is 5. The zero-order valence-corrected chi connectivity index (χ0v) is 34.2. The van der Waals surface area contributed by atoms with Crippen molar-refractivity contribution in [1.29, 1.82) is 0 Å². The minimum Gasteiger partial charge on any atom is -0.445 e. The van der Waals surface area contributed by atoms with Crippen LogP contribution in [-0.4, -0.2) is 104 Å². The molecule has 12 nitrogen and oxygen atoms in total. The molecule has 4 bridgehead atoms. The molecule has 0 radical (unpaired) electrons. The average molecular weight is 864 g/mol. The van der Waals surface area contributed by atoms with Crippen molar-refractivity contribution >= 4 is 85.2 Å². The van der Waals surface area contributed by atoms with Crippen molar-refractivity contribution in [2.75, 3.05) is 24.9 Å². The molecule has 10 unspecified atom stereocenters. The average Bonchev–Trinajstić information content (AvgIpc) is 2.99. The van der Waals surface area contributed by atoms with Gasteiger partial charge in [-0.2, -0.15) is 0 Å². The number of amides is 5. The van der Waals surface area contributed by atoms with Crippen LogP contribution >= 0.6 is 55.1 Å². The van der Waals surface area contributed by atoms with Crippen molar-refractivity contribution in [3.8, 4) is 0 Å². The Kier molecular flexibility index (Phi) is 16.1. The first kappa shape index (κ1) is 43.4. The highest BCUT2D eigenvalue weighted by molar-refractivity contribution is 9.09. The molecule has 16 heteroatoms. The van der Waals surface area contributed by atoms with Gasteiger partial charge >= 0.3 is 18.3 Å². The zero-order chi connectivity index (χ0) is 37.6. The molecular weight excluding hydrogens is 811 g/mol. The van der Waals surface area contributed by atoms with E-state index in [1.54, 1.807) is 25.7 Å². The van der Waals surface area contributed by atoms with Crippen molar-refractivity contribution < 1.29 is 38.2 Å².